The standard InChI is InChI=1S/C15H23FN2O3S/c1-12(2)8-10-18(22(3,20)21)11-9-17-15(19)13-6-4-5-7-14(13)16/h4-7,12H,8-11H2,1-3H3,(H,17,19). The zero-order valence-electron chi connectivity index (χ0n) is 13.2. The van der Waals surface area contributed by atoms with E-state index in [9.17, 15) is 17.6 Å². The molecule has 0 aromatic heterocycles. The number of rotatable bonds is 8. The van der Waals surface area contributed by atoms with Gasteiger partial charge in [-0.2, -0.15) is 0 Å². The largest absolute Gasteiger partial charge is 0.351 e. The van der Waals surface area contributed by atoms with Crippen LogP contribution >= 0.6 is 0 Å². The number of carbonyl (C=O) groups excluding carboxylic acids is 1. The maximum absolute atomic E-state index is 13.5. The van der Waals surface area contributed by atoms with Gasteiger partial charge in [0.25, 0.3) is 5.91 Å². The number of hydrogen-bond acceptors (Lipinski definition) is 3. The summed E-state index contributed by atoms with van der Waals surface area (Å²) in [5.41, 5.74) is -0.0458. The van der Waals surface area contributed by atoms with Gasteiger partial charge in [-0.3, -0.25) is 4.79 Å². The van der Waals surface area contributed by atoms with E-state index in [-0.39, 0.29) is 18.7 Å². The molecule has 0 saturated carbocycles. The van der Waals surface area contributed by atoms with Crippen molar-refractivity contribution in [2.75, 3.05) is 25.9 Å². The van der Waals surface area contributed by atoms with Gasteiger partial charge in [0.15, 0.2) is 0 Å². The van der Waals surface area contributed by atoms with Gasteiger partial charge in [0.1, 0.15) is 5.82 Å². The van der Waals surface area contributed by atoms with E-state index in [0.717, 1.165) is 12.7 Å². The van der Waals surface area contributed by atoms with E-state index in [4.69, 9.17) is 0 Å². The van der Waals surface area contributed by atoms with E-state index < -0.39 is 21.7 Å². The van der Waals surface area contributed by atoms with Gasteiger partial charge in [-0.05, 0) is 24.5 Å². The minimum atomic E-state index is -3.32. The molecule has 0 saturated heterocycles. The Morgan fingerprint density at radius 1 is 1.27 bits per heavy atom. The molecule has 1 amide bonds. The zero-order valence-corrected chi connectivity index (χ0v) is 14.0. The number of nitrogens with one attached hydrogen (secondary N) is 1. The van der Waals surface area contributed by atoms with Crippen LogP contribution in [0.1, 0.15) is 30.6 Å². The van der Waals surface area contributed by atoms with E-state index in [1.165, 1.54) is 22.5 Å². The summed E-state index contributed by atoms with van der Waals surface area (Å²) in [4.78, 5) is 11.8. The lowest BCUT2D eigenvalue weighted by Gasteiger charge is -2.21. The van der Waals surface area contributed by atoms with Crippen LogP contribution in [-0.2, 0) is 10.0 Å². The summed E-state index contributed by atoms with van der Waals surface area (Å²) in [5, 5.41) is 2.54. The van der Waals surface area contributed by atoms with Crippen molar-refractivity contribution in [3.8, 4) is 0 Å². The van der Waals surface area contributed by atoms with Crippen LogP contribution in [0.4, 0.5) is 4.39 Å². The van der Waals surface area contributed by atoms with Crippen molar-refractivity contribution in [3.05, 3.63) is 35.6 Å². The summed E-state index contributed by atoms with van der Waals surface area (Å²) >= 11 is 0. The summed E-state index contributed by atoms with van der Waals surface area (Å²) in [7, 11) is -3.32. The Morgan fingerprint density at radius 2 is 1.91 bits per heavy atom. The predicted molar refractivity (Wildman–Crippen MR) is 84.6 cm³/mol. The van der Waals surface area contributed by atoms with Crippen molar-refractivity contribution in [2.45, 2.75) is 20.3 Å². The lowest BCUT2D eigenvalue weighted by Crippen LogP contribution is -2.39. The average Bonchev–Trinajstić information content (AvgIpc) is 2.41. The number of nitrogens with zero attached hydrogens (tertiary/aromatic N) is 1. The molecule has 0 aliphatic heterocycles. The van der Waals surface area contributed by atoms with Gasteiger partial charge in [0, 0.05) is 19.6 Å². The molecule has 0 unspecified atom stereocenters. The summed E-state index contributed by atoms with van der Waals surface area (Å²) in [5.74, 6) is -0.757. The first-order chi connectivity index (χ1) is 10.2. The molecule has 0 heterocycles. The van der Waals surface area contributed by atoms with Crippen LogP contribution in [0.3, 0.4) is 0 Å². The molecule has 1 rings (SSSR count). The Balaban J connectivity index is 2.56. The molecule has 5 nitrogen and oxygen atoms in total. The molecule has 1 N–H and O–H groups in total. The minimum Gasteiger partial charge on any atom is -0.351 e. The predicted octanol–water partition coefficient (Wildman–Crippen LogP) is 1.86. The smallest absolute Gasteiger partial charge is 0.254 e. The van der Waals surface area contributed by atoms with Gasteiger partial charge in [-0.15, -0.1) is 0 Å². The van der Waals surface area contributed by atoms with Crippen molar-refractivity contribution in [2.24, 2.45) is 5.92 Å². The number of amides is 1. The highest BCUT2D eigenvalue weighted by atomic mass is 32.2. The van der Waals surface area contributed by atoms with E-state index in [1.54, 1.807) is 6.07 Å². The highest BCUT2D eigenvalue weighted by Gasteiger charge is 2.17. The molecule has 0 aliphatic rings. The highest BCUT2D eigenvalue weighted by Crippen LogP contribution is 2.07. The van der Waals surface area contributed by atoms with Gasteiger partial charge >= 0.3 is 0 Å². The molecule has 0 atom stereocenters. The Labute approximate surface area is 131 Å². The van der Waals surface area contributed by atoms with Crippen LogP contribution in [0.25, 0.3) is 0 Å². The van der Waals surface area contributed by atoms with Crippen LogP contribution in [0.5, 0.6) is 0 Å². The number of carbonyl (C=O) groups is 1. The van der Waals surface area contributed by atoms with E-state index in [2.05, 4.69) is 5.32 Å². The third-order valence-electron chi connectivity index (χ3n) is 3.19. The second-order valence-electron chi connectivity index (χ2n) is 5.58. The first-order valence-electron chi connectivity index (χ1n) is 7.19. The maximum atomic E-state index is 13.5. The van der Waals surface area contributed by atoms with E-state index in [0.29, 0.717) is 12.5 Å². The quantitative estimate of drug-likeness (QED) is 0.791. The zero-order chi connectivity index (χ0) is 16.8. The molecule has 1 aromatic rings. The number of benzene rings is 1. The SMILES string of the molecule is CC(C)CCN(CCNC(=O)c1ccccc1F)S(C)(=O)=O. The molecule has 1 aromatic carbocycles. The monoisotopic (exact) mass is 330 g/mol. The first kappa shape index (κ1) is 18.6. The van der Waals surface area contributed by atoms with Crippen molar-refractivity contribution < 1.29 is 17.6 Å². The third-order valence-corrected chi connectivity index (χ3v) is 4.49. The molecule has 0 spiro atoms. The van der Waals surface area contributed by atoms with Crippen LogP contribution in [0.15, 0.2) is 24.3 Å². The molecule has 0 bridgehead atoms. The second kappa shape index (κ2) is 8.24. The Morgan fingerprint density at radius 3 is 2.45 bits per heavy atom. The second-order valence-corrected chi connectivity index (χ2v) is 7.56. The lowest BCUT2D eigenvalue weighted by molar-refractivity contribution is 0.0947. The Kier molecular flexibility index (Phi) is 6.96. The fourth-order valence-electron chi connectivity index (χ4n) is 1.88. The Bertz CT molecular complexity index is 603. The van der Waals surface area contributed by atoms with Gasteiger partial charge < -0.3 is 5.32 Å². The first-order valence-corrected chi connectivity index (χ1v) is 9.04. The minimum absolute atomic E-state index is 0.0458. The number of sulfonamides is 1. The average molecular weight is 330 g/mol. The third kappa shape index (κ3) is 6.11. The summed E-state index contributed by atoms with van der Waals surface area (Å²) in [6.45, 7) is 4.75. The molecular weight excluding hydrogens is 307 g/mol. The van der Waals surface area contributed by atoms with E-state index >= 15 is 0 Å². The summed E-state index contributed by atoms with van der Waals surface area (Å²) in [6.07, 6.45) is 1.89. The van der Waals surface area contributed by atoms with Gasteiger partial charge in [-0.25, -0.2) is 17.1 Å². The van der Waals surface area contributed by atoms with Crippen LogP contribution in [-0.4, -0.2) is 44.5 Å². The van der Waals surface area contributed by atoms with Crippen LogP contribution < -0.4 is 5.32 Å². The molecule has 7 heteroatoms. The molecule has 0 radical (unpaired) electrons. The normalized spacial score (nSPS) is 11.9. The fourth-order valence-corrected chi connectivity index (χ4v) is 2.74. The van der Waals surface area contributed by atoms with Crippen LogP contribution in [0, 0.1) is 11.7 Å². The van der Waals surface area contributed by atoms with Gasteiger partial charge in [0.2, 0.25) is 10.0 Å². The van der Waals surface area contributed by atoms with Crippen molar-refractivity contribution in [3.63, 3.8) is 0 Å². The molecule has 0 aliphatic carbocycles. The molecular formula is C15H23FN2O3S. The van der Waals surface area contributed by atoms with Crippen molar-refractivity contribution >= 4 is 15.9 Å². The molecule has 0 fully saturated rings. The highest BCUT2D eigenvalue weighted by molar-refractivity contribution is 7.88. The number of halogens is 1. The van der Waals surface area contributed by atoms with Gasteiger partial charge in [-0.1, -0.05) is 26.0 Å². The molecule has 124 valence electrons. The van der Waals surface area contributed by atoms with Crippen molar-refractivity contribution in [1.82, 2.24) is 9.62 Å². The van der Waals surface area contributed by atoms with Crippen LogP contribution in [0.2, 0.25) is 0 Å². The maximum Gasteiger partial charge on any atom is 0.254 e. The summed E-state index contributed by atoms with van der Waals surface area (Å²) < 4.78 is 38.2. The fraction of sp³-hybridized carbons (Fsp3) is 0.533. The molecule has 22 heavy (non-hydrogen) atoms. The topological polar surface area (TPSA) is 66.5 Å². The summed E-state index contributed by atoms with van der Waals surface area (Å²) in [6, 6.07) is 5.67. The van der Waals surface area contributed by atoms with E-state index in [1.807, 2.05) is 13.8 Å². The Hall–Kier alpha value is -1.47. The van der Waals surface area contributed by atoms with Gasteiger partial charge in [0.05, 0.1) is 11.8 Å². The van der Waals surface area contributed by atoms with Crippen molar-refractivity contribution in [1.29, 1.82) is 0 Å². The number of hydrogen-bond donors (Lipinski definition) is 1. The lowest BCUT2D eigenvalue weighted by atomic mass is 10.1.